The lowest BCUT2D eigenvalue weighted by atomic mass is 10.0. The summed E-state index contributed by atoms with van der Waals surface area (Å²) in [5.74, 6) is 2.21. The molecule has 0 N–H and O–H groups in total. The number of halogens is 1. The lowest BCUT2D eigenvalue weighted by molar-refractivity contribution is 0.415. The summed E-state index contributed by atoms with van der Waals surface area (Å²) < 4.78 is 7.83. The van der Waals surface area contributed by atoms with Gasteiger partial charge < -0.3 is 9.30 Å². The number of hydrogen-bond donors (Lipinski definition) is 0. The number of alkyl halides is 1. The van der Waals surface area contributed by atoms with Crippen LogP contribution in [-0.2, 0) is 12.4 Å². The molecule has 0 aliphatic rings. The van der Waals surface area contributed by atoms with Gasteiger partial charge in [-0.1, -0.05) is 13.8 Å². The third kappa shape index (κ3) is 3.16. The molecule has 0 unspecified atom stereocenters. The highest BCUT2D eigenvalue weighted by Gasteiger charge is 2.27. The average Bonchev–Trinajstić information content (AvgIpc) is 2.89. The molecule has 1 aromatic carbocycles. The highest BCUT2D eigenvalue weighted by atomic mass is 35.5. The minimum Gasteiger partial charge on any atom is -0.497 e. The zero-order valence-corrected chi connectivity index (χ0v) is 14.7. The second-order valence-electron chi connectivity index (χ2n) is 5.20. The molecule has 5 heteroatoms. The molecule has 0 aliphatic heterocycles. The van der Waals surface area contributed by atoms with Gasteiger partial charge in [-0.2, -0.15) is 11.8 Å². The number of methoxy groups -OCH3 is 1. The van der Waals surface area contributed by atoms with Crippen LogP contribution in [-0.4, -0.2) is 27.7 Å². The fourth-order valence-electron chi connectivity index (χ4n) is 2.67. The summed E-state index contributed by atoms with van der Waals surface area (Å²) in [7, 11) is 1.69. The minimum atomic E-state index is 0.220. The van der Waals surface area contributed by atoms with E-state index in [1.807, 2.05) is 23.9 Å². The van der Waals surface area contributed by atoms with E-state index in [9.17, 15) is 0 Å². The molecule has 0 bridgehead atoms. The predicted molar refractivity (Wildman–Crippen MR) is 92.7 cm³/mol. The van der Waals surface area contributed by atoms with Crippen molar-refractivity contribution < 1.29 is 4.74 Å². The van der Waals surface area contributed by atoms with E-state index in [0.717, 1.165) is 42.0 Å². The second kappa shape index (κ2) is 6.93. The molecule has 0 radical (unpaired) electrons. The third-order valence-corrected chi connectivity index (χ3v) is 6.13. The van der Waals surface area contributed by atoms with Gasteiger partial charge in [0.25, 0.3) is 0 Å². The number of benzene rings is 1. The Balaban J connectivity index is 2.54. The van der Waals surface area contributed by atoms with Crippen LogP contribution in [0.1, 0.15) is 32.5 Å². The smallest absolute Gasteiger partial charge is 0.124 e. The van der Waals surface area contributed by atoms with Gasteiger partial charge >= 0.3 is 0 Å². The number of hydrogen-bond acceptors (Lipinski definition) is 3. The highest BCUT2D eigenvalue weighted by Crippen LogP contribution is 2.34. The van der Waals surface area contributed by atoms with Gasteiger partial charge in [-0.3, -0.25) is 0 Å². The normalized spacial score (nSPS) is 12.0. The molecule has 2 aromatic rings. The first kappa shape index (κ1) is 16.5. The Morgan fingerprint density at radius 2 is 2.05 bits per heavy atom. The molecule has 0 aliphatic carbocycles. The Hall–Kier alpha value is -0.870. The van der Waals surface area contributed by atoms with E-state index in [2.05, 4.69) is 35.7 Å². The molecule has 21 heavy (non-hydrogen) atoms. The summed E-state index contributed by atoms with van der Waals surface area (Å²) in [4.78, 5) is 4.66. The molecule has 0 fully saturated rings. The van der Waals surface area contributed by atoms with Gasteiger partial charge in [0.05, 0.1) is 24.0 Å². The van der Waals surface area contributed by atoms with Crippen molar-refractivity contribution in [2.45, 2.75) is 43.9 Å². The van der Waals surface area contributed by atoms with Crippen molar-refractivity contribution in [3.63, 3.8) is 0 Å². The van der Waals surface area contributed by atoms with Crippen LogP contribution in [0.4, 0.5) is 0 Å². The van der Waals surface area contributed by atoms with Crippen LogP contribution >= 0.6 is 23.4 Å². The summed E-state index contributed by atoms with van der Waals surface area (Å²) in [5.41, 5.74) is 2.08. The molecular formula is C16H23ClN2OS. The SMILES string of the molecule is CCC(CC)(Cn1c(CCl)nc2ccc(OC)cc21)SC. The Morgan fingerprint density at radius 1 is 1.33 bits per heavy atom. The molecular weight excluding hydrogens is 304 g/mol. The van der Waals surface area contributed by atoms with Crippen molar-refractivity contribution in [1.29, 1.82) is 0 Å². The standard InChI is InChI=1S/C16H23ClN2OS/c1-5-16(6-2,21-4)11-19-14-9-12(20-3)7-8-13(14)18-15(19)10-17/h7-9H,5-6,10-11H2,1-4H3. The Kier molecular flexibility index (Phi) is 5.44. The van der Waals surface area contributed by atoms with Crippen molar-refractivity contribution in [1.82, 2.24) is 9.55 Å². The molecule has 0 spiro atoms. The van der Waals surface area contributed by atoms with Gasteiger partial charge in [0.1, 0.15) is 11.6 Å². The number of aromatic nitrogens is 2. The van der Waals surface area contributed by atoms with E-state index < -0.39 is 0 Å². The lowest BCUT2D eigenvalue weighted by Crippen LogP contribution is -2.29. The molecule has 1 heterocycles. The van der Waals surface area contributed by atoms with Gasteiger partial charge in [-0.15, -0.1) is 11.6 Å². The van der Waals surface area contributed by atoms with E-state index in [-0.39, 0.29) is 4.75 Å². The maximum atomic E-state index is 6.11. The Bertz CT molecular complexity index is 599. The lowest BCUT2D eigenvalue weighted by Gasteiger charge is -2.31. The quantitative estimate of drug-likeness (QED) is 0.690. The summed E-state index contributed by atoms with van der Waals surface area (Å²) in [6, 6.07) is 5.99. The first-order valence-corrected chi connectivity index (χ1v) is 9.03. The summed E-state index contributed by atoms with van der Waals surface area (Å²) in [5, 5.41) is 0. The van der Waals surface area contributed by atoms with E-state index in [4.69, 9.17) is 16.3 Å². The van der Waals surface area contributed by atoms with E-state index in [1.54, 1.807) is 7.11 Å². The fraction of sp³-hybridized carbons (Fsp3) is 0.562. The van der Waals surface area contributed by atoms with Crippen molar-refractivity contribution in [3.05, 3.63) is 24.0 Å². The van der Waals surface area contributed by atoms with Gasteiger partial charge in [-0.25, -0.2) is 4.98 Å². The van der Waals surface area contributed by atoms with Crippen LogP contribution in [0.5, 0.6) is 5.75 Å². The van der Waals surface area contributed by atoms with E-state index in [0.29, 0.717) is 5.88 Å². The van der Waals surface area contributed by atoms with Crippen LogP contribution in [0, 0.1) is 0 Å². The maximum absolute atomic E-state index is 6.11. The van der Waals surface area contributed by atoms with Crippen molar-refractivity contribution in [3.8, 4) is 5.75 Å². The number of imidazole rings is 1. The number of rotatable bonds is 7. The molecule has 0 amide bonds. The second-order valence-corrected chi connectivity index (χ2v) is 6.74. The third-order valence-electron chi connectivity index (χ3n) is 4.32. The minimum absolute atomic E-state index is 0.220. The van der Waals surface area contributed by atoms with Crippen molar-refractivity contribution in [2.75, 3.05) is 13.4 Å². The van der Waals surface area contributed by atoms with Crippen LogP contribution in [0.15, 0.2) is 18.2 Å². The molecule has 0 saturated heterocycles. The molecule has 3 nitrogen and oxygen atoms in total. The van der Waals surface area contributed by atoms with Gasteiger partial charge in [0.15, 0.2) is 0 Å². The summed E-state index contributed by atoms with van der Waals surface area (Å²) in [6.45, 7) is 5.42. The van der Waals surface area contributed by atoms with Crippen LogP contribution in [0.25, 0.3) is 11.0 Å². The summed E-state index contributed by atoms with van der Waals surface area (Å²) >= 11 is 8.04. The maximum Gasteiger partial charge on any atom is 0.124 e. The highest BCUT2D eigenvalue weighted by molar-refractivity contribution is 8.00. The zero-order chi connectivity index (χ0) is 15.5. The molecule has 116 valence electrons. The summed E-state index contributed by atoms with van der Waals surface area (Å²) in [6.07, 6.45) is 4.43. The van der Waals surface area contributed by atoms with Crippen molar-refractivity contribution >= 4 is 34.4 Å². The molecule has 0 saturated carbocycles. The number of nitrogens with zero attached hydrogens (tertiary/aromatic N) is 2. The number of thioether (sulfide) groups is 1. The van der Waals surface area contributed by atoms with Crippen LogP contribution in [0.2, 0.25) is 0 Å². The topological polar surface area (TPSA) is 27.1 Å². The molecule has 0 atom stereocenters. The zero-order valence-electron chi connectivity index (χ0n) is 13.1. The molecule has 2 rings (SSSR count). The first-order valence-electron chi connectivity index (χ1n) is 7.27. The van der Waals surface area contributed by atoms with E-state index in [1.165, 1.54) is 0 Å². The Morgan fingerprint density at radius 3 is 2.57 bits per heavy atom. The van der Waals surface area contributed by atoms with Gasteiger partial charge in [-0.05, 0) is 31.2 Å². The monoisotopic (exact) mass is 326 g/mol. The fourth-order valence-corrected chi connectivity index (χ4v) is 3.71. The van der Waals surface area contributed by atoms with Crippen LogP contribution < -0.4 is 4.74 Å². The van der Waals surface area contributed by atoms with Gasteiger partial charge in [0, 0.05) is 17.4 Å². The molecule has 1 aromatic heterocycles. The average molecular weight is 327 g/mol. The Labute approximate surface area is 136 Å². The van der Waals surface area contributed by atoms with Crippen LogP contribution in [0.3, 0.4) is 0 Å². The van der Waals surface area contributed by atoms with E-state index >= 15 is 0 Å². The van der Waals surface area contributed by atoms with Crippen molar-refractivity contribution in [2.24, 2.45) is 0 Å². The predicted octanol–water partition coefficient (Wildman–Crippen LogP) is 4.71. The first-order chi connectivity index (χ1) is 10.1. The largest absolute Gasteiger partial charge is 0.497 e. The number of ether oxygens (including phenoxy) is 1. The van der Waals surface area contributed by atoms with Gasteiger partial charge in [0.2, 0.25) is 0 Å². The number of fused-ring (bicyclic) bond motifs is 1.